The molecule has 0 radical (unpaired) electrons. The number of nitrogens with one attached hydrogen (secondary N) is 1. The highest BCUT2D eigenvalue weighted by Crippen LogP contribution is 2.54. The fourth-order valence-corrected chi connectivity index (χ4v) is 6.20. The van der Waals surface area contributed by atoms with E-state index in [4.69, 9.17) is 0 Å². The summed E-state index contributed by atoms with van der Waals surface area (Å²) < 4.78 is 0. The Balaban J connectivity index is 1.45. The standard InChI is InChI=1S/C28H29N3O2S/c1-19(2)22-12-14-23(15-13-22)29-27(33)31-16-17-34-28(31)24-6-4-5-7-25(24)30(26(28)32)18-21-10-8-20(3)9-11-21/h4-15,19H,16-18H2,1-3H3,(H,29,33)/t28-/m0/s1. The van der Waals surface area contributed by atoms with Gasteiger partial charge in [-0.25, -0.2) is 4.79 Å². The molecular weight excluding hydrogens is 442 g/mol. The van der Waals surface area contributed by atoms with Crippen LogP contribution in [0.5, 0.6) is 0 Å². The summed E-state index contributed by atoms with van der Waals surface area (Å²) in [5.41, 5.74) is 5.97. The van der Waals surface area contributed by atoms with Gasteiger partial charge in [0, 0.05) is 23.5 Å². The highest BCUT2D eigenvalue weighted by atomic mass is 32.2. The van der Waals surface area contributed by atoms with Gasteiger partial charge in [0.2, 0.25) is 0 Å². The minimum Gasteiger partial charge on any atom is -0.308 e. The lowest BCUT2D eigenvalue weighted by Crippen LogP contribution is -2.51. The molecule has 5 rings (SSSR count). The molecule has 3 aromatic rings. The van der Waals surface area contributed by atoms with Gasteiger partial charge in [-0.05, 0) is 42.2 Å². The second-order valence-corrected chi connectivity index (χ2v) is 10.5. The Labute approximate surface area is 205 Å². The number of para-hydroxylation sites is 1. The van der Waals surface area contributed by atoms with E-state index in [1.165, 1.54) is 11.1 Å². The molecule has 0 bridgehead atoms. The lowest BCUT2D eigenvalue weighted by Gasteiger charge is -2.33. The predicted octanol–water partition coefficient (Wildman–Crippen LogP) is 6.10. The summed E-state index contributed by atoms with van der Waals surface area (Å²) in [6, 6.07) is 23.8. The van der Waals surface area contributed by atoms with E-state index < -0.39 is 4.87 Å². The molecule has 2 heterocycles. The molecule has 1 spiro atoms. The van der Waals surface area contributed by atoms with Crippen LogP contribution in [0.3, 0.4) is 0 Å². The van der Waals surface area contributed by atoms with E-state index in [-0.39, 0.29) is 11.9 Å². The molecule has 0 aliphatic carbocycles. The minimum absolute atomic E-state index is 0.0536. The van der Waals surface area contributed by atoms with Crippen LogP contribution < -0.4 is 10.2 Å². The molecular formula is C28H29N3O2S. The third-order valence-electron chi connectivity index (χ3n) is 6.64. The van der Waals surface area contributed by atoms with Gasteiger partial charge in [-0.15, -0.1) is 11.8 Å². The summed E-state index contributed by atoms with van der Waals surface area (Å²) in [4.78, 5) is 30.0. The molecule has 1 N–H and O–H groups in total. The second-order valence-electron chi connectivity index (χ2n) is 9.25. The zero-order valence-electron chi connectivity index (χ0n) is 19.7. The van der Waals surface area contributed by atoms with Gasteiger partial charge in [0.05, 0.1) is 12.2 Å². The third kappa shape index (κ3) is 3.76. The molecule has 2 aliphatic heterocycles. The van der Waals surface area contributed by atoms with Crippen molar-refractivity contribution in [3.8, 4) is 0 Å². The fourth-order valence-electron chi connectivity index (χ4n) is 4.74. The van der Waals surface area contributed by atoms with Crippen molar-refractivity contribution in [3.63, 3.8) is 0 Å². The van der Waals surface area contributed by atoms with Gasteiger partial charge < -0.3 is 10.2 Å². The Bertz CT molecular complexity index is 1220. The number of fused-ring (bicyclic) bond motifs is 2. The number of carbonyl (C=O) groups is 2. The smallest absolute Gasteiger partial charge is 0.308 e. The van der Waals surface area contributed by atoms with E-state index in [0.717, 1.165) is 22.5 Å². The van der Waals surface area contributed by atoms with E-state index in [1.807, 2.05) is 53.4 Å². The summed E-state index contributed by atoms with van der Waals surface area (Å²) in [6.07, 6.45) is 0. The topological polar surface area (TPSA) is 52.7 Å². The summed E-state index contributed by atoms with van der Waals surface area (Å²) in [7, 11) is 0. The molecule has 174 valence electrons. The zero-order chi connectivity index (χ0) is 23.9. The van der Waals surface area contributed by atoms with E-state index in [0.29, 0.717) is 24.8 Å². The summed E-state index contributed by atoms with van der Waals surface area (Å²) in [5.74, 6) is 1.08. The molecule has 0 saturated carbocycles. The SMILES string of the molecule is Cc1ccc(CN2C(=O)[C@@]3(SCCN3C(=O)Nc3ccc(C(C)C)cc3)c3ccccc32)cc1. The van der Waals surface area contributed by atoms with Gasteiger partial charge in [-0.2, -0.15) is 0 Å². The van der Waals surface area contributed by atoms with Crippen molar-refractivity contribution in [2.45, 2.75) is 38.1 Å². The molecule has 1 saturated heterocycles. The quantitative estimate of drug-likeness (QED) is 0.500. The maximum absolute atomic E-state index is 14.0. The predicted molar refractivity (Wildman–Crippen MR) is 139 cm³/mol. The first kappa shape index (κ1) is 22.5. The van der Waals surface area contributed by atoms with Crippen molar-refractivity contribution in [1.29, 1.82) is 0 Å². The van der Waals surface area contributed by atoms with Crippen LogP contribution in [-0.4, -0.2) is 29.1 Å². The van der Waals surface area contributed by atoms with Crippen LogP contribution in [0.1, 0.15) is 42.0 Å². The molecule has 5 nitrogen and oxygen atoms in total. The third-order valence-corrected chi connectivity index (χ3v) is 8.06. The molecule has 0 aromatic heterocycles. The van der Waals surface area contributed by atoms with E-state index in [2.05, 4.69) is 50.4 Å². The number of thioether (sulfide) groups is 1. The lowest BCUT2D eigenvalue weighted by molar-refractivity contribution is -0.123. The fraction of sp³-hybridized carbons (Fsp3) is 0.286. The van der Waals surface area contributed by atoms with E-state index in [9.17, 15) is 9.59 Å². The minimum atomic E-state index is -1.04. The van der Waals surface area contributed by atoms with Crippen LogP contribution in [0.15, 0.2) is 72.8 Å². The van der Waals surface area contributed by atoms with Crippen molar-refractivity contribution in [3.05, 3.63) is 95.1 Å². The van der Waals surface area contributed by atoms with Crippen LogP contribution in [0.25, 0.3) is 0 Å². The normalized spacial score (nSPS) is 19.2. The number of hydrogen-bond donors (Lipinski definition) is 1. The molecule has 2 aliphatic rings. The summed E-state index contributed by atoms with van der Waals surface area (Å²) in [5, 5.41) is 3.03. The number of carbonyl (C=O) groups excluding carboxylic acids is 2. The Morgan fingerprint density at radius 1 is 1.03 bits per heavy atom. The van der Waals surface area contributed by atoms with Crippen LogP contribution in [-0.2, 0) is 16.2 Å². The highest BCUT2D eigenvalue weighted by molar-refractivity contribution is 8.01. The van der Waals surface area contributed by atoms with Gasteiger partial charge in [0.1, 0.15) is 0 Å². The van der Waals surface area contributed by atoms with Gasteiger partial charge in [0.15, 0.2) is 4.87 Å². The zero-order valence-corrected chi connectivity index (χ0v) is 20.6. The van der Waals surface area contributed by atoms with Crippen molar-refractivity contribution >= 4 is 35.1 Å². The number of benzene rings is 3. The summed E-state index contributed by atoms with van der Waals surface area (Å²) in [6.45, 7) is 7.33. The summed E-state index contributed by atoms with van der Waals surface area (Å²) >= 11 is 1.55. The van der Waals surface area contributed by atoms with Gasteiger partial charge in [0.25, 0.3) is 5.91 Å². The maximum atomic E-state index is 14.0. The molecule has 34 heavy (non-hydrogen) atoms. The Morgan fingerprint density at radius 2 is 1.74 bits per heavy atom. The average Bonchev–Trinajstić information content (AvgIpc) is 3.38. The maximum Gasteiger partial charge on any atom is 0.323 e. The first-order valence-electron chi connectivity index (χ1n) is 11.7. The highest BCUT2D eigenvalue weighted by Gasteiger charge is 2.59. The average molecular weight is 472 g/mol. The number of anilines is 2. The molecule has 6 heteroatoms. The lowest BCUT2D eigenvalue weighted by atomic mass is 10.0. The van der Waals surface area contributed by atoms with Crippen LogP contribution in [0, 0.1) is 6.92 Å². The van der Waals surface area contributed by atoms with Crippen molar-refractivity contribution in [2.24, 2.45) is 0 Å². The monoisotopic (exact) mass is 471 g/mol. The van der Waals surface area contributed by atoms with Crippen molar-refractivity contribution in [1.82, 2.24) is 4.90 Å². The molecule has 1 atom stereocenters. The number of aryl methyl sites for hydroxylation is 1. The Kier molecular flexibility index (Phi) is 5.86. The van der Waals surface area contributed by atoms with Crippen LogP contribution in [0.4, 0.5) is 16.2 Å². The molecule has 0 unspecified atom stereocenters. The first-order chi connectivity index (χ1) is 16.4. The van der Waals surface area contributed by atoms with Gasteiger partial charge >= 0.3 is 6.03 Å². The van der Waals surface area contributed by atoms with Crippen LogP contribution >= 0.6 is 11.8 Å². The molecule has 3 aromatic carbocycles. The first-order valence-corrected chi connectivity index (χ1v) is 12.7. The number of amides is 3. The number of nitrogens with zero attached hydrogens (tertiary/aromatic N) is 2. The second kappa shape index (κ2) is 8.84. The van der Waals surface area contributed by atoms with Crippen molar-refractivity contribution < 1.29 is 9.59 Å². The van der Waals surface area contributed by atoms with E-state index in [1.54, 1.807) is 16.7 Å². The van der Waals surface area contributed by atoms with Crippen molar-refractivity contribution in [2.75, 3.05) is 22.5 Å². The Morgan fingerprint density at radius 3 is 2.44 bits per heavy atom. The van der Waals surface area contributed by atoms with Gasteiger partial charge in [-0.1, -0.05) is 74.0 Å². The Hall–Kier alpha value is -3.25. The molecule has 1 fully saturated rings. The largest absolute Gasteiger partial charge is 0.323 e. The van der Waals surface area contributed by atoms with Gasteiger partial charge in [-0.3, -0.25) is 9.69 Å². The molecule has 3 amide bonds. The number of rotatable bonds is 4. The van der Waals surface area contributed by atoms with E-state index >= 15 is 0 Å². The number of hydrogen-bond acceptors (Lipinski definition) is 3. The number of urea groups is 1. The van der Waals surface area contributed by atoms with Crippen LogP contribution in [0.2, 0.25) is 0 Å².